The van der Waals surface area contributed by atoms with Crippen molar-refractivity contribution in [3.05, 3.63) is 23.9 Å². The molecule has 0 aliphatic carbocycles. The lowest BCUT2D eigenvalue weighted by molar-refractivity contribution is -0.121. The van der Waals surface area contributed by atoms with E-state index in [9.17, 15) is 13.2 Å². The Morgan fingerprint density at radius 2 is 2.29 bits per heavy atom. The first-order valence-corrected chi connectivity index (χ1v) is 7.22. The van der Waals surface area contributed by atoms with Gasteiger partial charge >= 0.3 is 0 Å². The van der Waals surface area contributed by atoms with Gasteiger partial charge in [0.15, 0.2) is 9.84 Å². The van der Waals surface area contributed by atoms with Crippen molar-refractivity contribution in [2.45, 2.75) is 12.8 Å². The maximum absolute atomic E-state index is 11.9. The van der Waals surface area contributed by atoms with Crippen molar-refractivity contribution in [2.75, 3.05) is 17.2 Å². The van der Waals surface area contributed by atoms with Crippen molar-refractivity contribution in [1.82, 2.24) is 4.98 Å². The summed E-state index contributed by atoms with van der Waals surface area (Å²) >= 11 is 0. The Kier molecular flexibility index (Phi) is 3.15. The molecule has 2 heterocycles. The van der Waals surface area contributed by atoms with E-state index in [1.807, 2.05) is 0 Å². The molecular weight excluding hydrogens is 240 g/mol. The summed E-state index contributed by atoms with van der Waals surface area (Å²) in [5.74, 6) is 0.106. The van der Waals surface area contributed by atoms with E-state index in [1.54, 1.807) is 18.3 Å². The molecule has 0 spiro atoms. The Balaban J connectivity index is 2.03. The summed E-state index contributed by atoms with van der Waals surface area (Å²) < 4.78 is 22.5. The largest absolute Gasteiger partial charge is 0.384 e. The number of rotatable bonds is 3. The molecule has 1 aliphatic heterocycles. The van der Waals surface area contributed by atoms with Crippen LogP contribution in [0, 0.1) is 5.92 Å². The van der Waals surface area contributed by atoms with Crippen molar-refractivity contribution in [3.63, 3.8) is 0 Å². The predicted molar refractivity (Wildman–Crippen MR) is 64.1 cm³/mol. The molecular formula is C11H14N2O3S. The quantitative estimate of drug-likeness (QED) is 0.832. The molecule has 5 nitrogen and oxygen atoms in total. The lowest BCUT2D eigenvalue weighted by atomic mass is 9.98. The maximum atomic E-state index is 11.9. The van der Waals surface area contributed by atoms with Gasteiger partial charge in [0.05, 0.1) is 11.5 Å². The predicted octanol–water partition coefficient (Wildman–Crippen LogP) is 0.210. The summed E-state index contributed by atoms with van der Waals surface area (Å²) in [6.07, 6.45) is 2.22. The maximum Gasteiger partial charge on any atom is 0.151 e. The van der Waals surface area contributed by atoms with Crippen molar-refractivity contribution in [2.24, 2.45) is 5.92 Å². The van der Waals surface area contributed by atoms with E-state index in [0.717, 1.165) is 5.56 Å². The normalized spacial score (nSPS) is 22.5. The highest BCUT2D eigenvalue weighted by molar-refractivity contribution is 7.91. The van der Waals surface area contributed by atoms with Crippen molar-refractivity contribution >= 4 is 21.4 Å². The van der Waals surface area contributed by atoms with Crippen LogP contribution < -0.4 is 5.73 Å². The van der Waals surface area contributed by atoms with Crippen molar-refractivity contribution in [1.29, 1.82) is 0 Å². The molecule has 0 saturated carbocycles. The van der Waals surface area contributed by atoms with Gasteiger partial charge in [-0.2, -0.15) is 0 Å². The molecule has 0 aromatic carbocycles. The number of anilines is 1. The van der Waals surface area contributed by atoms with E-state index < -0.39 is 9.84 Å². The van der Waals surface area contributed by atoms with Crippen LogP contribution in [-0.4, -0.2) is 30.7 Å². The van der Waals surface area contributed by atoms with Gasteiger partial charge in [0.1, 0.15) is 11.6 Å². The second-order valence-corrected chi connectivity index (χ2v) is 6.56. The summed E-state index contributed by atoms with van der Waals surface area (Å²) in [7, 11) is -3.00. The summed E-state index contributed by atoms with van der Waals surface area (Å²) in [6, 6.07) is 3.36. The van der Waals surface area contributed by atoms with Crippen LogP contribution in [0.2, 0.25) is 0 Å². The van der Waals surface area contributed by atoms with Gasteiger partial charge in [-0.1, -0.05) is 0 Å². The number of ketones is 1. The van der Waals surface area contributed by atoms with Gasteiger partial charge < -0.3 is 5.73 Å². The molecule has 0 amide bonds. The third kappa shape index (κ3) is 3.03. The zero-order chi connectivity index (χ0) is 12.5. The molecule has 1 atom stereocenters. The Bertz CT molecular complexity index is 539. The first kappa shape index (κ1) is 12.0. The zero-order valence-corrected chi connectivity index (χ0v) is 10.1. The Morgan fingerprint density at radius 3 is 2.88 bits per heavy atom. The minimum absolute atomic E-state index is 0.00754. The van der Waals surface area contributed by atoms with Gasteiger partial charge in [-0.15, -0.1) is 0 Å². The van der Waals surface area contributed by atoms with Gasteiger partial charge in [-0.05, 0) is 24.1 Å². The number of aromatic nitrogens is 1. The second kappa shape index (κ2) is 4.44. The number of hydrogen-bond acceptors (Lipinski definition) is 5. The number of Topliss-reactive ketones (excluding diaryl/α,β-unsaturated/α-hetero) is 1. The van der Waals surface area contributed by atoms with E-state index in [-0.39, 0.29) is 29.6 Å². The second-order valence-electron chi connectivity index (χ2n) is 4.33. The van der Waals surface area contributed by atoms with Crippen molar-refractivity contribution in [3.8, 4) is 0 Å². The minimum Gasteiger partial charge on any atom is -0.384 e. The SMILES string of the molecule is Nc1cc(CC(=O)C2CCS(=O)(=O)C2)ccn1. The average Bonchev–Trinajstić information content (AvgIpc) is 2.59. The topological polar surface area (TPSA) is 90.1 Å². The lowest BCUT2D eigenvalue weighted by Gasteiger charge is -2.06. The molecule has 2 rings (SSSR count). The molecule has 0 radical (unpaired) electrons. The summed E-state index contributed by atoms with van der Waals surface area (Å²) in [4.78, 5) is 15.7. The third-order valence-corrected chi connectivity index (χ3v) is 4.68. The third-order valence-electron chi connectivity index (χ3n) is 2.91. The molecule has 17 heavy (non-hydrogen) atoms. The van der Waals surface area contributed by atoms with Crippen molar-refractivity contribution < 1.29 is 13.2 Å². The van der Waals surface area contributed by atoms with E-state index in [4.69, 9.17) is 5.73 Å². The first-order chi connectivity index (χ1) is 7.96. The summed E-state index contributed by atoms with van der Waals surface area (Å²) in [6.45, 7) is 0. The fraction of sp³-hybridized carbons (Fsp3) is 0.455. The molecule has 92 valence electrons. The lowest BCUT2D eigenvalue weighted by Crippen LogP contribution is -2.18. The number of nitrogens with two attached hydrogens (primary N) is 1. The molecule has 1 unspecified atom stereocenters. The Hall–Kier alpha value is -1.43. The van der Waals surface area contributed by atoms with E-state index in [1.165, 1.54) is 0 Å². The van der Waals surface area contributed by atoms with Gasteiger partial charge in [-0.3, -0.25) is 4.79 Å². The van der Waals surface area contributed by atoms with E-state index in [2.05, 4.69) is 4.98 Å². The first-order valence-electron chi connectivity index (χ1n) is 5.40. The molecule has 1 fully saturated rings. The van der Waals surface area contributed by atoms with Gasteiger partial charge in [-0.25, -0.2) is 13.4 Å². The van der Waals surface area contributed by atoms with Crippen LogP contribution in [0.4, 0.5) is 5.82 Å². The summed E-state index contributed by atoms with van der Waals surface area (Å²) in [5.41, 5.74) is 6.30. The van der Waals surface area contributed by atoms with Crippen LogP contribution in [0.3, 0.4) is 0 Å². The number of carbonyl (C=O) groups excluding carboxylic acids is 1. The minimum atomic E-state index is -3.00. The number of carbonyl (C=O) groups is 1. The van der Waals surface area contributed by atoms with Crippen LogP contribution in [-0.2, 0) is 21.1 Å². The molecule has 2 N–H and O–H groups in total. The average molecular weight is 254 g/mol. The smallest absolute Gasteiger partial charge is 0.151 e. The van der Waals surface area contributed by atoms with E-state index in [0.29, 0.717) is 12.2 Å². The van der Waals surface area contributed by atoms with Gasteiger partial charge in [0.25, 0.3) is 0 Å². The monoisotopic (exact) mass is 254 g/mol. The van der Waals surface area contributed by atoms with Crippen LogP contribution in [0.5, 0.6) is 0 Å². The number of hydrogen-bond donors (Lipinski definition) is 1. The van der Waals surface area contributed by atoms with Crippen LogP contribution in [0.1, 0.15) is 12.0 Å². The Labute approximate surface area is 100.0 Å². The molecule has 6 heteroatoms. The zero-order valence-electron chi connectivity index (χ0n) is 9.30. The number of nitrogens with zero attached hydrogens (tertiary/aromatic N) is 1. The number of nitrogen functional groups attached to an aromatic ring is 1. The highest BCUT2D eigenvalue weighted by Gasteiger charge is 2.32. The fourth-order valence-electron chi connectivity index (χ4n) is 2.00. The highest BCUT2D eigenvalue weighted by atomic mass is 32.2. The standard InChI is InChI=1S/C11H14N2O3S/c12-11-6-8(1-3-13-11)5-10(14)9-2-4-17(15,16)7-9/h1,3,6,9H,2,4-5,7H2,(H2,12,13). The molecule has 1 aromatic heterocycles. The Morgan fingerprint density at radius 1 is 1.53 bits per heavy atom. The summed E-state index contributed by atoms with van der Waals surface area (Å²) in [5, 5.41) is 0. The molecule has 0 bridgehead atoms. The van der Waals surface area contributed by atoms with E-state index >= 15 is 0 Å². The molecule has 1 saturated heterocycles. The fourth-order valence-corrected chi connectivity index (χ4v) is 3.77. The number of sulfone groups is 1. The van der Waals surface area contributed by atoms with Gasteiger partial charge in [0, 0.05) is 18.5 Å². The number of pyridine rings is 1. The van der Waals surface area contributed by atoms with Crippen LogP contribution >= 0.6 is 0 Å². The van der Waals surface area contributed by atoms with Gasteiger partial charge in [0.2, 0.25) is 0 Å². The molecule has 1 aliphatic rings. The molecule has 1 aromatic rings. The van der Waals surface area contributed by atoms with Crippen LogP contribution in [0.15, 0.2) is 18.3 Å². The highest BCUT2D eigenvalue weighted by Crippen LogP contribution is 2.21. The van der Waals surface area contributed by atoms with Crippen LogP contribution in [0.25, 0.3) is 0 Å².